The first-order valence-corrected chi connectivity index (χ1v) is 8.40. The molecule has 0 aliphatic carbocycles. The van der Waals surface area contributed by atoms with E-state index in [1.165, 1.54) is 0 Å². The molecule has 1 aliphatic heterocycles. The van der Waals surface area contributed by atoms with E-state index in [9.17, 15) is 4.39 Å². The number of hydrogen-bond donors (Lipinski definition) is 1. The minimum atomic E-state index is -0.701. The molecule has 0 radical (unpaired) electrons. The number of benzene rings is 1. The van der Waals surface area contributed by atoms with Crippen molar-refractivity contribution in [1.82, 2.24) is 14.7 Å². The van der Waals surface area contributed by atoms with Gasteiger partial charge in [-0.2, -0.15) is 5.10 Å². The van der Waals surface area contributed by atoms with E-state index in [-0.39, 0.29) is 0 Å². The Morgan fingerprint density at radius 1 is 1.48 bits per heavy atom. The largest absolute Gasteiger partial charge is 0.492 e. The van der Waals surface area contributed by atoms with Crippen LogP contribution in [-0.4, -0.2) is 47.1 Å². The molecule has 1 aromatic heterocycles. The molecule has 0 spiro atoms. The maximum Gasteiger partial charge on any atom is 0.128 e. The summed E-state index contributed by atoms with van der Waals surface area (Å²) in [4.78, 5) is 2.08. The molecule has 2 heterocycles. The Labute approximate surface area is 143 Å². The number of likely N-dealkylation sites (tertiary alicyclic amines) is 1. The minimum absolute atomic E-state index is 0.505. The fourth-order valence-electron chi connectivity index (χ4n) is 2.85. The summed E-state index contributed by atoms with van der Waals surface area (Å²) in [7, 11) is 1.87. The first kappa shape index (κ1) is 16.3. The fourth-order valence-corrected chi connectivity index (χ4v) is 3.41. The third-order valence-electron chi connectivity index (χ3n) is 4.03. The third kappa shape index (κ3) is 3.67. The Morgan fingerprint density at radius 3 is 2.96 bits per heavy atom. The second-order valence-corrected chi connectivity index (χ2v) is 6.61. The summed E-state index contributed by atoms with van der Waals surface area (Å²) in [6.45, 7) is 2.54. The first-order valence-electron chi connectivity index (χ1n) is 7.61. The van der Waals surface area contributed by atoms with Crippen LogP contribution in [0, 0.1) is 0 Å². The summed E-state index contributed by atoms with van der Waals surface area (Å²) in [5.41, 5.74) is 8.40. The number of aryl methyl sites for hydroxylation is 1. The third-order valence-corrected chi connectivity index (χ3v) is 4.61. The number of hydrogen-bond acceptors (Lipinski definition) is 4. The van der Waals surface area contributed by atoms with E-state index in [4.69, 9.17) is 10.5 Å². The Bertz CT molecular complexity index is 671. The molecule has 1 saturated heterocycles. The molecule has 0 amide bonds. The second kappa shape index (κ2) is 6.88. The highest BCUT2D eigenvalue weighted by atomic mass is 79.9. The number of nitrogen functional groups attached to an aromatic ring is 1. The molecule has 1 aliphatic rings. The van der Waals surface area contributed by atoms with Crippen LogP contribution in [0.1, 0.15) is 6.42 Å². The molecule has 0 saturated carbocycles. The summed E-state index contributed by atoms with van der Waals surface area (Å²) in [5.74, 6) is 0.750. The van der Waals surface area contributed by atoms with Crippen molar-refractivity contribution in [2.24, 2.45) is 7.05 Å². The van der Waals surface area contributed by atoms with Crippen molar-refractivity contribution in [1.29, 1.82) is 0 Å². The Kier molecular flexibility index (Phi) is 4.87. The molecule has 5 nitrogen and oxygen atoms in total. The first-order chi connectivity index (χ1) is 11.0. The highest BCUT2D eigenvalue weighted by Crippen LogP contribution is 2.36. The Morgan fingerprint density at radius 2 is 2.30 bits per heavy atom. The number of aromatic nitrogens is 2. The average Bonchev–Trinajstić information content (AvgIpc) is 3.07. The van der Waals surface area contributed by atoms with Crippen molar-refractivity contribution in [2.75, 3.05) is 32.0 Å². The maximum atomic E-state index is 13.2. The van der Waals surface area contributed by atoms with E-state index in [1.54, 1.807) is 10.9 Å². The number of anilines is 1. The van der Waals surface area contributed by atoms with Gasteiger partial charge in [-0.1, -0.05) is 0 Å². The molecule has 1 atom stereocenters. The molecule has 1 aromatic carbocycles. The van der Waals surface area contributed by atoms with Gasteiger partial charge in [-0.25, -0.2) is 4.39 Å². The quantitative estimate of drug-likeness (QED) is 0.807. The summed E-state index contributed by atoms with van der Waals surface area (Å²) in [5, 5.41) is 4.24. The molecule has 3 rings (SSSR count). The summed E-state index contributed by atoms with van der Waals surface area (Å²) in [6.07, 6.45) is 1.66. The van der Waals surface area contributed by atoms with Gasteiger partial charge in [0.2, 0.25) is 0 Å². The topological polar surface area (TPSA) is 56.3 Å². The second-order valence-electron chi connectivity index (χ2n) is 5.76. The van der Waals surface area contributed by atoms with E-state index in [2.05, 4.69) is 25.9 Å². The SMILES string of the molecule is Cn1ncc(Br)c1-c1cc(N)ccc1OCCN1CCC(F)C1. The average molecular weight is 383 g/mol. The lowest BCUT2D eigenvalue weighted by atomic mass is 10.1. The highest BCUT2D eigenvalue weighted by molar-refractivity contribution is 9.10. The predicted octanol–water partition coefficient (Wildman–Crippen LogP) is 2.85. The van der Waals surface area contributed by atoms with Crippen molar-refractivity contribution in [3.63, 3.8) is 0 Å². The zero-order chi connectivity index (χ0) is 16.4. The lowest BCUT2D eigenvalue weighted by Gasteiger charge is -2.17. The van der Waals surface area contributed by atoms with Crippen LogP contribution in [0.25, 0.3) is 11.3 Å². The van der Waals surface area contributed by atoms with Crippen LogP contribution in [0.5, 0.6) is 5.75 Å². The molecule has 1 fully saturated rings. The number of nitrogens with two attached hydrogens (primary N) is 1. The normalized spacial score (nSPS) is 18.5. The van der Waals surface area contributed by atoms with Crippen LogP contribution in [-0.2, 0) is 7.05 Å². The predicted molar refractivity (Wildman–Crippen MR) is 92.2 cm³/mol. The smallest absolute Gasteiger partial charge is 0.128 e. The number of alkyl halides is 1. The minimum Gasteiger partial charge on any atom is -0.492 e. The van der Waals surface area contributed by atoms with Gasteiger partial charge >= 0.3 is 0 Å². The molecular formula is C16H20BrFN4O. The van der Waals surface area contributed by atoms with Crippen LogP contribution in [0.3, 0.4) is 0 Å². The molecule has 23 heavy (non-hydrogen) atoms. The van der Waals surface area contributed by atoms with Gasteiger partial charge in [0.25, 0.3) is 0 Å². The lowest BCUT2D eigenvalue weighted by Crippen LogP contribution is -2.26. The highest BCUT2D eigenvalue weighted by Gasteiger charge is 2.21. The molecule has 7 heteroatoms. The molecule has 124 valence electrons. The fraction of sp³-hybridized carbons (Fsp3) is 0.438. The molecule has 0 bridgehead atoms. The zero-order valence-electron chi connectivity index (χ0n) is 13.0. The van der Waals surface area contributed by atoms with Gasteiger partial charge in [-0.05, 0) is 40.5 Å². The van der Waals surface area contributed by atoms with Crippen LogP contribution in [0.2, 0.25) is 0 Å². The van der Waals surface area contributed by atoms with Gasteiger partial charge in [0.15, 0.2) is 0 Å². The summed E-state index contributed by atoms with van der Waals surface area (Å²) in [6, 6.07) is 5.56. The van der Waals surface area contributed by atoms with Crippen LogP contribution in [0.15, 0.2) is 28.9 Å². The number of ether oxygens (including phenoxy) is 1. The van der Waals surface area contributed by atoms with Crippen molar-refractivity contribution < 1.29 is 9.13 Å². The van der Waals surface area contributed by atoms with Gasteiger partial charge in [-0.3, -0.25) is 9.58 Å². The van der Waals surface area contributed by atoms with Gasteiger partial charge in [-0.15, -0.1) is 0 Å². The number of rotatable bonds is 5. The number of nitrogens with zero attached hydrogens (tertiary/aromatic N) is 3. The maximum absolute atomic E-state index is 13.2. The van der Waals surface area contributed by atoms with E-state index >= 15 is 0 Å². The molecule has 1 unspecified atom stereocenters. The summed E-state index contributed by atoms with van der Waals surface area (Å²) >= 11 is 3.51. The van der Waals surface area contributed by atoms with E-state index in [1.807, 2.05) is 25.2 Å². The van der Waals surface area contributed by atoms with Crippen molar-refractivity contribution in [3.8, 4) is 17.0 Å². The van der Waals surface area contributed by atoms with Crippen LogP contribution >= 0.6 is 15.9 Å². The Hall–Kier alpha value is -1.60. The van der Waals surface area contributed by atoms with Crippen molar-refractivity contribution >= 4 is 21.6 Å². The van der Waals surface area contributed by atoms with Crippen LogP contribution < -0.4 is 10.5 Å². The van der Waals surface area contributed by atoms with E-state index in [0.29, 0.717) is 25.3 Å². The van der Waals surface area contributed by atoms with Gasteiger partial charge < -0.3 is 10.5 Å². The molecule has 2 N–H and O–H groups in total. The van der Waals surface area contributed by atoms with E-state index in [0.717, 1.165) is 34.6 Å². The van der Waals surface area contributed by atoms with Crippen LogP contribution in [0.4, 0.5) is 10.1 Å². The van der Waals surface area contributed by atoms with Gasteiger partial charge in [0.05, 0.1) is 16.4 Å². The monoisotopic (exact) mass is 382 g/mol. The summed E-state index contributed by atoms with van der Waals surface area (Å²) < 4.78 is 21.8. The molecular weight excluding hydrogens is 363 g/mol. The van der Waals surface area contributed by atoms with Gasteiger partial charge in [0.1, 0.15) is 18.5 Å². The Balaban J connectivity index is 1.74. The number of halogens is 2. The standard InChI is InChI=1S/C16H20BrFN4O/c1-21-16(14(17)9-20-21)13-8-12(19)2-3-15(13)23-7-6-22-5-4-11(18)10-22/h2-3,8-9,11H,4-7,10,19H2,1H3. The van der Waals surface area contributed by atoms with Crippen molar-refractivity contribution in [3.05, 3.63) is 28.9 Å². The molecule has 2 aromatic rings. The van der Waals surface area contributed by atoms with Gasteiger partial charge in [0, 0.05) is 37.9 Å². The van der Waals surface area contributed by atoms with E-state index < -0.39 is 6.17 Å². The van der Waals surface area contributed by atoms with Crippen molar-refractivity contribution in [2.45, 2.75) is 12.6 Å². The zero-order valence-corrected chi connectivity index (χ0v) is 14.6. The lowest BCUT2D eigenvalue weighted by molar-refractivity contribution is 0.225.